The Morgan fingerprint density at radius 2 is 1.50 bits per heavy atom. The number of hydrogen-bond donors (Lipinski definition) is 1. The molecular weight excluding hydrogens is 438 g/mol. The van der Waals surface area contributed by atoms with Crippen molar-refractivity contribution in [2.75, 3.05) is 0 Å². The molecule has 0 saturated carbocycles. The highest BCUT2D eigenvalue weighted by atomic mass is 35.5. The van der Waals surface area contributed by atoms with Crippen molar-refractivity contribution in [3.05, 3.63) is 75.9 Å². The predicted octanol–water partition coefficient (Wildman–Crippen LogP) is 5.96. The summed E-state index contributed by atoms with van der Waals surface area (Å²) in [5, 5.41) is 6.45. The van der Waals surface area contributed by atoms with Gasteiger partial charge in [0.05, 0.1) is 17.7 Å². The third-order valence-corrected chi connectivity index (χ3v) is 4.22. The van der Waals surface area contributed by atoms with Crippen LogP contribution in [0.25, 0.3) is 11.3 Å². The smallest absolute Gasteiger partial charge is 0.356 e. The molecule has 158 valence electrons. The van der Waals surface area contributed by atoms with Gasteiger partial charge >= 0.3 is 12.4 Å². The molecule has 0 spiro atoms. The fourth-order valence-corrected chi connectivity index (χ4v) is 2.63. The summed E-state index contributed by atoms with van der Waals surface area (Å²) in [6, 6.07) is 8.68. The number of aromatic nitrogens is 1. The maximum atomic E-state index is 12.9. The molecule has 11 heteroatoms. The molecule has 1 N–H and O–H groups in total. The molecule has 1 aromatic heterocycles. The van der Waals surface area contributed by atoms with Crippen LogP contribution in [0.3, 0.4) is 0 Å². The van der Waals surface area contributed by atoms with Crippen molar-refractivity contribution in [2.45, 2.75) is 18.9 Å². The van der Waals surface area contributed by atoms with Crippen molar-refractivity contribution in [1.82, 2.24) is 10.5 Å². The largest absolute Gasteiger partial charge is 0.416 e. The van der Waals surface area contributed by atoms with E-state index in [4.69, 9.17) is 16.1 Å². The topological polar surface area (TPSA) is 55.1 Å². The SMILES string of the molecule is O=C(NCc1cc(-c2ccc(Cl)cc2)on1)c1cc(C(F)(F)F)cc(C(F)(F)F)c1. The van der Waals surface area contributed by atoms with E-state index in [1.54, 1.807) is 24.3 Å². The monoisotopic (exact) mass is 448 g/mol. The van der Waals surface area contributed by atoms with Crippen LogP contribution >= 0.6 is 11.6 Å². The normalized spacial score (nSPS) is 12.1. The number of nitrogens with zero attached hydrogens (tertiary/aromatic N) is 1. The average Bonchev–Trinajstić information content (AvgIpc) is 3.14. The lowest BCUT2D eigenvalue weighted by Crippen LogP contribution is -2.24. The van der Waals surface area contributed by atoms with Crippen molar-refractivity contribution in [3.63, 3.8) is 0 Å². The van der Waals surface area contributed by atoms with E-state index < -0.39 is 35.0 Å². The van der Waals surface area contributed by atoms with E-state index in [0.29, 0.717) is 28.5 Å². The molecule has 1 amide bonds. The zero-order valence-electron chi connectivity index (χ0n) is 14.7. The highest BCUT2D eigenvalue weighted by Gasteiger charge is 2.37. The lowest BCUT2D eigenvalue weighted by atomic mass is 10.0. The third kappa shape index (κ3) is 5.12. The van der Waals surface area contributed by atoms with E-state index in [1.807, 2.05) is 0 Å². The Bertz CT molecular complexity index is 1030. The van der Waals surface area contributed by atoms with Gasteiger partial charge in [-0.2, -0.15) is 26.3 Å². The molecule has 30 heavy (non-hydrogen) atoms. The molecule has 0 radical (unpaired) electrons. The molecule has 2 aromatic carbocycles. The maximum Gasteiger partial charge on any atom is 0.416 e. The number of alkyl halides is 6. The fraction of sp³-hybridized carbons (Fsp3) is 0.158. The first-order chi connectivity index (χ1) is 13.9. The van der Waals surface area contributed by atoms with Gasteiger partial charge in [-0.15, -0.1) is 0 Å². The Morgan fingerprint density at radius 3 is 2.03 bits per heavy atom. The quantitative estimate of drug-likeness (QED) is 0.501. The number of rotatable bonds is 4. The molecule has 4 nitrogen and oxygen atoms in total. The molecule has 0 bridgehead atoms. The highest BCUT2D eigenvalue weighted by molar-refractivity contribution is 6.30. The number of benzene rings is 2. The van der Waals surface area contributed by atoms with E-state index in [2.05, 4.69) is 10.5 Å². The van der Waals surface area contributed by atoms with Crippen LogP contribution in [0.2, 0.25) is 5.02 Å². The second-order valence-electron chi connectivity index (χ2n) is 6.17. The Balaban J connectivity index is 1.77. The number of amides is 1. The Labute approximate surface area is 170 Å². The fourth-order valence-electron chi connectivity index (χ4n) is 2.50. The molecule has 0 unspecified atom stereocenters. The minimum Gasteiger partial charge on any atom is -0.356 e. The van der Waals surface area contributed by atoms with Crippen LogP contribution in [0.4, 0.5) is 26.3 Å². The minimum absolute atomic E-state index is 0.0488. The number of carbonyl (C=O) groups is 1. The van der Waals surface area contributed by atoms with Gasteiger partial charge in [0.2, 0.25) is 0 Å². The van der Waals surface area contributed by atoms with Crippen molar-refractivity contribution in [2.24, 2.45) is 0 Å². The van der Waals surface area contributed by atoms with Crippen molar-refractivity contribution < 1.29 is 35.7 Å². The lowest BCUT2D eigenvalue weighted by Gasteiger charge is -2.14. The number of carbonyl (C=O) groups excluding carboxylic acids is 1. The van der Waals surface area contributed by atoms with Crippen molar-refractivity contribution in [3.8, 4) is 11.3 Å². The van der Waals surface area contributed by atoms with Crippen LogP contribution in [0.1, 0.15) is 27.2 Å². The summed E-state index contributed by atoms with van der Waals surface area (Å²) in [4.78, 5) is 12.2. The first-order valence-electron chi connectivity index (χ1n) is 8.23. The highest BCUT2D eigenvalue weighted by Crippen LogP contribution is 2.36. The third-order valence-electron chi connectivity index (χ3n) is 3.97. The van der Waals surface area contributed by atoms with E-state index in [-0.39, 0.29) is 18.3 Å². The molecule has 0 saturated heterocycles. The molecule has 0 atom stereocenters. The summed E-state index contributed by atoms with van der Waals surface area (Å²) in [6.07, 6.45) is -10.1. The molecule has 3 rings (SSSR count). The standard InChI is InChI=1S/C19H11ClF6N2O2/c20-14-3-1-10(2-4-14)16-8-15(28-30-16)9-27-17(29)11-5-12(18(21,22)23)7-13(6-11)19(24,25)26/h1-8H,9H2,(H,27,29). The summed E-state index contributed by atoms with van der Waals surface area (Å²) in [6.45, 7) is -0.270. The Morgan fingerprint density at radius 1 is 0.933 bits per heavy atom. The first-order valence-corrected chi connectivity index (χ1v) is 8.60. The molecule has 3 aromatic rings. The van der Waals surface area contributed by atoms with Crippen LogP contribution in [0.15, 0.2) is 53.1 Å². The van der Waals surface area contributed by atoms with Gasteiger partial charge in [-0.05, 0) is 42.5 Å². The molecule has 1 heterocycles. The summed E-state index contributed by atoms with van der Waals surface area (Å²) in [7, 11) is 0. The summed E-state index contributed by atoms with van der Waals surface area (Å²) in [5.41, 5.74) is -3.07. The van der Waals surface area contributed by atoms with E-state index in [1.165, 1.54) is 6.07 Å². The van der Waals surface area contributed by atoms with Gasteiger partial charge < -0.3 is 9.84 Å². The zero-order chi connectivity index (χ0) is 22.1. The molecule has 0 aliphatic rings. The molecule has 0 aliphatic carbocycles. The molecular formula is C19H11ClF6N2O2. The molecule has 0 fully saturated rings. The molecule has 0 aliphatic heterocycles. The van der Waals surface area contributed by atoms with Gasteiger partial charge in [0.25, 0.3) is 5.91 Å². The van der Waals surface area contributed by atoms with Crippen LogP contribution in [0, 0.1) is 0 Å². The predicted molar refractivity (Wildman–Crippen MR) is 94.6 cm³/mol. The van der Waals surface area contributed by atoms with Gasteiger partial charge in [-0.3, -0.25) is 4.79 Å². The number of halogens is 7. The maximum absolute atomic E-state index is 12.9. The Hall–Kier alpha value is -3.01. The zero-order valence-corrected chi connectivity index (χ0v) is 15.5. The van der Waals surface area contributed by atoms with Crippen LogP contribution < -0.4 is 5.32 Å². The minimum atomic E-state index is -5.05. The summed E-state index contributed by atoms with van der Waals surface area (Å²) >= 11 is 5.79. The Kier molecular flexibility index (Phi) is 5.80. The van der Waals surface area contributed by atoms with Crippen molar-refractivity contribution in [1.29, 1.82) is 0 Å². The second-order valence-corrected chi connectivity index (χ2v) is 6.60. The summed E-state index contributed by atoms with van der Waals surface area (Å²) < 4.78 is 82.6. The van der Waals surface area contributed by atoms with Gasteiger partial charge in [-0.25, -0.2) is 0 Å². The van der Waals surface area contributed by atoms with Crippen LogP contribution in [-0.2, 0) is 18.9 Å². The first kappa shape index (κ1) is 21.7. The number of hydrogen-bond acceptors (Lipinski definition) is 3. The van der Waals surface area contributed by atoms with Crippen LogP contribution in [-0.4, -0.2) is 11.1 Å². The van der Waals surface area contributed by atoms with Gasteiger partial charge in [0.1, 0.15) is 5.69 Å². The van der Waals surface area contributed by atoms with Crippen LogP contribution in [0.5, 0.6) is 0 Å². The van der Waals surface area contributed by atoms with E-state index in [9.17, 15) is 31.1 Å². The summed E-state index contributed by atoms with van der Waals surface area (Å²) in [5.74, 6) is -0.781. The van der Waals surface area contributed by atoms with E-state index >= 15 is 0 Å². The lowest BCUT2D eigenvalue weighted by molar-refractivity contribution is -0.143. The van der Waals surface area contributed by atoms with Crippen molar-refractivity contribution >= 4 is 17.5 Å². The van der Waals surface area contributed by atoms with Gasteiger partial charge in [0, 0.05) is 22.2 Å². The number of nitrogens with one attached hydrogen (secondary N) is 1. The van der Waals surface area contributed by atoms with E-state index in [0.717, 1.165) is 0 Å². The van der Waals surface area contributed by atoms with Gasteiger partial charge in [-0.1, -0.05) is 16.8 Å². The second kappa shape index (κ2) is 8.02. The average molecular weight is 449 g/mol. The van der Waals surface area contributed by atoms with Gasteiger partial charge in [0.15, 0.2) is 5.76 Å².